The Morgan fingerprint density at radius 3 is 2.55 bits per heavy atom. The molecule has 0 heterocycles. The number of nitrogens with zero attached hydrogens (tertiary/aromatic N) is 1. The standard InChI is InChI=1S/C17H28N4O/c1-6-19-16(22)15-9-7-8-14(10-15)11-20-17(18-5)21-13(4)12(2)3/h7-10,12-13H,6,11H2,1-5H3,(H,19,22)(H2,18,20,21). The van der Waals surface area contributed by atoms with Gasteiger partial charge in [-0.2, -0.15) is 0 Å². The third kappa shape index (κ3) is 5.76. The molecule has 5 nitrogen and oxygen atoms in total. The van der Waals surface area contributed by atoms with Crippen LogP contribution in [0.25, 0.3) is 0 Å². The molecule has 122 valence electrons. The van der Waals surface area contributed by atoms with Crippen LogP contribution in [0.3, 0.4) is 0 Å². The number of guanidine groups is 1. The Labute approximate surface area is 133 Å². The summed E-state index contributed by atoms with van der Waals surface area (Å²) in [7, 11) is 1.76. The molecule has 1 aromatic carbocycles. The van der Waals surface area contributed by atoms with Gasteiger partial charge in [0, 0.05) is 31.7 Å². The summed E-state index contributed by atoms with van der Waals surface area (Å²) < 4.78 is 0. The quantitative estimate of drug-likeness (QED) is 0.557. The van der Waals surface area contributed by atoms with Crippen LogP contribution in [-0.2, 0) is 6.54 Å². The first-order chi connectivity index (χ1) is 10.5. The van der Waals surface area contributed by atoms with Crippen LogP contribution in [0.5, 0.6) is 0 Å². The van der Waals surface area contributed by atoms with Crippen molar-refractivity contribution in [3.8, 4) is 0 Å². The summed E-state index contributed by atoms with van der Waals surface area (Å²) in [5, 5.41) is 9.44. The molecule has 0 saturated carbocycles. The van der Waals surface area contributed by atoms with Crippen molar-refractivity contribution in [3.05, 3.63) is 35.4 Å². The van der Waals surface area contributed by atoms with Gasteiger partial charge in [-0.25, -0.2) is 0 Å². The maximum absolute atomic E-state index is 11.8. The van der Waals surface area contributed by atoms with Crippen molar-refractivity contribution in [3.63, 3.8) is 0 Å². The first kappa shape index (κ1) is 18.0. The Morgan fingerprint density at radius 2 is 1.95 bits per heavy atom. The van der Waals surface area contributed by atoms with Gasteiger partial charge in [-0.1, -0.05) is 26.0 Å². The summed E-state index contributed by atoms with van der Waals surface area (Å²) >= 11 is 0. The average Bonchev–Trinajstić information content (AvgIpc) is 2.51. The SMILES string of the molecule is CCNC(=O)c1cccc(CNC(=NC)NC(C)C(C)C)c1. The Hall–Kier alpha value is -2.04. The molecule has 22 heavy (non-hydrogen) atoms. The molecular formula is C17H28N4O. The van der Waals surface area contributed by atoms with Gasteiger partial charge in [0.1, 0.15) is 0 Å². The van der Waals surface area contributed by atoms with Crippen molar-refractivity contribution in [2.75, 3.05) is 13.6 Å². The van der Waals surface area contributed by atoms with Gasteiger partial charge in [0.2, 0.25) is 0 Å². The predicted molar refractivity (Wildman–Crippen MR) is 92.1 cm³/mol. The van der Waals surface area contributed by atoms with Crippen molar-refractivity contribution >= 4 is 11.9 Å². The lowest BCUT2D eigenvalue weighted by molar-refractivity contribution is 0.0955. The number of carbonyl (C=O) groups excluding carboxylic acids is 1. The molecule has 0 bridgehead atoms. The van der Waals surface area contributed by atoms with Gasteiger partial charge < -0.3 is 16.0 Å². The number of hydrogen-bond acceptors (Lipinski definition) is 2. The molecule has 0 radical (unpaired) electrons. The normalized spacial score (nSPS) is 12.9. The molecule has 1 amide bonds. The molecule has 1 aromatic rings. The second-order valence-electron chi connectivity index (χ2n) is 5.66. The summed E-state index contributed by atoms with van der Waals surface area (Å²) in [5.41, 5.74) is 1.73. The molecule has 0 aliphatic rings. The van der Waals surface area contributed by atoms with Gasteiger partial charge in [-0.05, 0) is 37.5 Å². The van der Waals surface area contributed by atoms with E-state index in [0.29, 0.717) is 30.6 Å². The van der Waals surface area contributed by atoms with Crippen molar-refractivity contribution in [2.24, 2.45) is 10.9 Å². The van der Waals surface area contributed by atoms with Gasteiger partial charge in [0.25, 0.3) is 5.91 Å². The van der Waals surface area contributed by atoms with Crippen LogP contribution in [0.1, 0.15) is 43.6 Å². The van der Waals surface area contributed by atoms with Gasteiger partial charge in [-0.3, -0.25) is 9.79 Å². The van der Waals surface area contributed by atoms with E-state index in [4.69, 9.17) is 0 Å². The third-order valence-electron chi connectivity index (χ3n) is 3.57. The zero-order chi connectivity index (χ0) is 16.5. The van der Waals surface area contributed by atoms with E-state index in [1.807, 2.05) is 31.2 Å². The molecule has 0 fully saturated rings. The summed E-state index contributed by atoms with van der Waals surface area (Å²) in [5.74, 6) is 1.25. The van der Waals surface area contributed by atoms with E-state index in [1.165, 1.54) is 0 Å². The number of benzene rings is 1. The Bertz CT molecular complexity index is 511. The first-order valence-electron chi connectivity index (χ1n) is 7.82. The Morgan fingerprint density at radius 1 is 1.23 bits per heavy atom. The Kier molecular flexibility index (Phi) is 7.43. The fourth-order valence-electron chi connectivity index (χ4n) is 1.85. The van der Waals surface area contributed by atoms with Crippen LogP contribution >= 0.6 is 0 Å². The highest BCUT2D eigenvalue weighted by Gasteiger charge is 2.09. The second kappa shape index (κ2) is 9.07. The number of nitrogens with one attached hydrogen (secondary N) is 3. The third-order valence-corrected chi connectivity index (χ3v) is 3.57. The zero-order valence-electron chi connectivity index (χ0n) is 14.2. The van der Waals surface area contributed by atoms with Crippen molar-refractivity contribution in [1.29, 1.82) is 0 Å². The van der Waals surface area contributed by atoms with E-state index in [9.17, 15) is 4.79 Å². The Balaban J connectivity index is 2.63. The minimum absolute atomic E-state index is 0.0414. The lowest BCUT2D eigenvalue weighted by Crippen LogP contribution is -2.43. The first-order valence-corrected chi connectivity index (χ1v) is 7.82. The molecule has 0 aliphatic heterocycles. The van der Waals surface area contributed by atoms with Gasteiger partial charge in [-0.15, -0.1) is 0 Å². The molecule has 1 atom stereocenters. The van der Waals surface area contributed by atoms with Gasteiger partial charge in [0.05, 0.1) is 0 Å². The summed E-state index contributed by atoms with van der Waals surface area (Å²) in [6, 6.07) is 7.95. The van der Waals surface area contributed by atoms with Crippen molar-refractivity contribution in [1.82, 2.24) is 16.0 Å². The number of amides is 1. The molecule has 5 heteroatoms. The second-order valence-corrected chi connectivity index (χ2v) is 5.66. The molecule has 1 unspecified atom stereocenters. The van der Waals surface area contributed by atoms with E-state index in [2.05, 4.69) is 41.7 Å². The number of aliphatic imine (C=N–C) groups is 1. The highest BCUT2D eigenvalue weighted by atomic mass is 16.1. The minimum Gasteiger partial charge on any atom is -0.354 e. The molecular weight excluding hydrogens is 276 g/mol. The van der Waals surface area contributed by atoms with Crippen molar-refractivity contribution in [2.45, 2.75) is 40.3 Å². The number of carbonyl (C=O) groups is 1. The largest absolute Gasteiger partial charge is 0.354 e. The monoisotopic (exact) mass is 304 g/mol. The van der Waals surface area contributed by atoms with Crippen LogP contribution in [0, 0.1) is 5.92 Å². The van der Waals surface area contributed by atoms with Gasteiger partial charge in [0.15, 0.2) is 5.96 Å². The topological polar surface area (TPSA) is 65.5 Å². The minimum atomic E-state index is -0.0414. The fraction of sp³-hybridized carbons (Fsp3) is 0.529. The number of hydrogen-bond donors (Lipinski definition) is 3. The zero-order valence-corrected chi connectivity index (χ0v) is 14.2. The van der Waals surface area contributed by atoms with E-state index >= 15 is 0 Å². The summed E-state index contributed by atoms with van der Waals surface area (Å²) in [6.45, 7) is 9.63. The maximum atomic E-state index is 11.8. The van der Waals surface area contributed by atoms with E-state index < -0.39 is 0 Å². The smallest absolute Gasteiger partial charge is 0.251 e. The van der Waals surface area contributed by atoms with Crippen LogP contribution in [0.15, 0.2) is 29.3 Å². The van der Waals surface area contributed by atoms with Crippen molar-refractivity contribution < 1.29 is 4.79 Å². The predicted octanol–water partition coefficient (Wildman–Crippen LogP) is 2.15. The lowest BCUT2D eigenvalue weighted by atomic mass is 10.1. The lowest BCUT2D eigenvalue weighted by Gasteiger charge is -2.20. The van der Waals surface area contributed by atoms with Crippen LogP contribution in [-0.4, -0.2) is 31.5 Å². The summed E-state index contributed by atoms with van der Waals surface area (Å²) in [4.78, 5) is 16.1. The average molecular weight is 304 g/mol. The van der Waals surface area contributed by atoms with E-state index in [-0.39, 0.29) is 5.91 Å². The van der Waals surface area contributed by atoms with E-state index in [0.717, 1.165) is 11.5 Å². The van der Waals surface area contributed by atoms with Crippen LogP contribution < -0.4 is 16.0 Å². The molecule has 0 aliphatic carbocycles. The highest BCUT2D eigenvalue weighted by molar-refractivity contribution is 5.94. The molecule has 0 aromatic heterocycles. The molecule has 0 spiro atoms. The molecule has 1 rings (SSSR count). The van der Waals surface area contributed by atoms with Gasteiger partial charge >= 0.3 is 0 Å². The van der Waals surface area contributed by atoms with Crippen LogP contribution in [0.2, 0.25) is 0 Å². The molecule has 3 N–H and O–H groups in total. The summed E-state index contributed by atoms with van der Waals surface area (Å²) in [6.07, 6.45) is 0. The maximum Gasteiger partial charge on any atom is 0.251 e. The van der Waals surface area contributed by atoms with Crippen LogP contribution in [0.4, 0.5) is 0 Å². The highest BCUT2D eigenvalue weighted by Crippen LogP contribution is 2.05. The van der Waals surface area contributed by atoms with E-state index in [1.54, 1.807) is 7.05 Å². The number of rotatable bonds is 6. The molecule has 0 saturated heterocycles. The fourth-order valence-corrected chi connectivity index (χ4v) is 1.85.